The highest BCUT2D eigenvalue weighted by atomic mass is 32.2. The van der Waals surface area contributed by atoms with Crippen LogP contribution in [0, 0.1) is 0 Å². The first-order chi connectivity index (χ1) is 7.66. The predicted molar refractivity (Wildman–Crippen MR) is 57.2 cm³/mol. The molecule has 90 valence electrons. The summed E-state index contributed by atoms with van der Waals surface area (Å²) in [5.74, 6) is 0. The van der Waals surface area contributed by atoms with Crippen LogP contribution < -0.4 is 0 Å². The summed E-state index contributed by atoms with van der Waals surface area (Å²) in [6.45, 7) is -0.00817. The lowest BCUT2D eigenvalue weighted by molar-refractivity contribution is 0.178. The lowest BCUT2D eigenvalue weighted by Crippen LogP contribution is -2.45. The number of nitrogens with one attached hydrogen (secondary N) is 1. The van der Waals surface area contributed by atoms with Crippen molar-refractivity contribution in [2.75, 3.05) is 13.2 Å². The Kier molecular flexibility index (Phi) is 3.27. The van der Waals surface area contributed by atoms with Gasteiger partial charge in [0.1, 0.15) is 4.90 Å². The van der Waals surface area contributed by atoms with E-state index in [1.165, 1.54) is 16.7 Å². The zero-order valence-electron chi connectivity index (χ0n) is 8.83. The molecule has 1 aliphatic rings. The fourth-order valence-corrected chi connectivity index (χ4v) is 3.37. The Balaban J connectivity index is 2.24. The SMILES string of the molecule is O=S(=O)(c1cn[nH]c1)N(CCO)C1CCC1. The van der Waals surface area contributed by atoms with E-state index in [-0.39, 0.29) is 24.1 Å². The lowest BCUT2D eigenvalue weighted by Gasteiger charge is -2.35. The van der Waals surface area contributed by atoms with Crippen molar-refractivity contribution in [1.82, 2.24) is 14.5 Å². The number of hydrogen-bond donors (Lipinski definition) is 2. The normalized spacial score (nSPS) is 17.6. The second-order valence-electron chi connectivity index (χ2n) is 3.86. The summed E-state index contributed by atoms with van der Waals surface area (Å²) in [6.07, 6.45) is 5.44. The number of H-pyrrole nitrogens is 1. The van der Waals surface area contributed by atoms with Gasteiger partial charge in [-0.1, -0.05) is 6.42 Å². The molecule has 0 bridgehead atoms. The monoisotopic (exact) mass is 245 g/mol. The molecule has 16 heavy (non-hydrogen) atoms. The average Bonchev–Trinajstić information content (AvgIpc) is 2.67. The summed E-state index contributed by atoms with van der Waals surface area (Å²) in [7, 11) is -3.50. The number of hydrogen-bond acceptors (Lipinski definition) is 4. The van der Waals surface area contributed by atoms with E-state index in [1.807, 2.05) is 0 Å². The highest BCUT2D eigenvalue weighted by molar-refractivity contribution is 7.89. The summed E-state index contributed by atoms with van der Waals surface area (Å²) < 4.78 is 25.7. The Morgan fingerprint density at radius 3 is 2.75 bits per heavy atom. The summed E-state index contributed by atoms with van der Waals surface area (Å²) >= 11 is 0. The molecular weight excluding hydrogens is 230 g/mol. The number of rotatable bonds is 5. The molecule has 0 spiro atoms. The molecule has 0 aromatic carbocycles. The van der Waals surface area contributed by atoms with Gasteiger partial charge in [-0.15, -0.1) is 0 Å². The average molecular weight is 245 g/mol. The first-order valence-corrected chi connectivity index (χ1v) is 6.72. The highest BCUT2D eigenvalue weighted by Gasteiger charge is 2.34. The Morgan fingerprint density at radius 2 is 2.31 bits per heavy atom. The van der Waals surface area contributed by atoms with Crippen LogP contribution >= 0.6 is 0 Å². The predicted octanol–water partition coefficient (Wildman–Crippen LogP) is -0.0548. The highest BCUT2D eigenvalue weighted by Crippen LogP contribution is 2.29. The number of sulfonamides is 1. The minimum absolute atomic E-state index is 0.0343. The van der Waals surface area contributed by atoms with Gasteiger partial charge < -0.3 is 5.11 Å². The van der Waals surface area contributed by atoms with Gasteiger partial charge in [-0.25, -0.2) is 8.42 Å². The molecule has 2 N–H and O–H groups in total. The molecule has 1 aromatic rings. The molecule has 0 radical (unpaired) electrons. The van der Waals surface area contributed by atoms with Gasteiger partial charge in [0.25, 0.3) is 0 Å². The van der Waals surface area contributed by atoms with Gasteiger partial charge in [0.05, 0.1) is 12.8 Å². The molecule has 1 fully saturated rings. The maximum absolute atomic E-state index is 12.2. The Hall–Kier alpha value is -0.920. The topological polar surface area (TPSA) is 86.3 Å². The molecule has 2 rings (SSSR count). The minimum atomic E-state index is -3.50. The molecular formula is C9H15N3O3S. The van der Waals surface area contributed by atoms with Gasteiger partial charge in [-0.05, 0) is 12.8 Å². The second-order valence-corrected chi connectivity index (χ2v) is 5.75. The van der Waals surface area contributed by atoms with Crippen molar-refractivity contribution in [2.24, 2.45) is 0 Å². The lowest BCUT2D eigenvalue weighted by atomic mass is 9.93. The van der Waals surface area contributed by atoms with Gasteiger partial charge in [-0.2, -0.15) is 9.40 Å². The molecule has 1 heterocycles. The summed E-state index contributed by atoms with van der Waals surface area (Å²) in [5.41, 5.74) is 0. The van der Waals surface area contributed by atoms with Gasteiger partial charge in [0.15, 0.2) is 0 Å². The van der Waals surface area contributed by atoms with Crippen molar-refractivity contribution in [3.05, 3.63) is 12.4 Å². The van der Waals surface area contributed by atoms with Crippen molar-refractivity contribution in [2.45, 2.75) is 30.2 Å². The van der Waals surface area contributed by atoms with E-state index >= 15 is 0 Å². The van der Waals surface area contributed by atoms with E-state index in [0.29, 0.717) is 0 Å². The molecule has 1 aliphatic carbocycles. The maximum atomic E-state index is 12.2. The number of aliphatic hydroxyl groups is 1. The van der Waals surface area contributed by atoms with Crippen LogP contribution in [0.15, 0.2) is 17.3 Å². The van der Waals surface area contributed by atoms with Crippen molar-refractivity contribution < 1.29 is 13.5 Å². The van der Waals surface area contributed by atoms with Crippen LogP contribution in [0.3, 0.4) is 0 Å². The maximum Gasteiger partial charge on any atom is 0.246 e. The standard InChI is InChI=1S/C9H15N3O3S/c13-5-4-12(8-2-1-3-8)16(14,15)9-6-10-11-7-9/h6-8,13H,1-5H2,(H,10,11). The fourth-order valence-electron chi connectivity index (χ4n) is 1.79. The van der Waals surface area contributed by atoms with Crippen molar-refractivity contribution in [3.8, 4) is 0 Å². The van der Waals surface area contributed by atoms with E-state index in [4.69, 9.17) is 5.11 Å². The minimum Gasteiger partial charge on any atom is -0.395 e. The molecule has 6 nitrogen and oxygen atoms in total. The summed E-state index contributed by atoms with van der Waals surface area (Å²) in [6, 6.07) is 0.0343. The number of aliphatic hydroxyl groups excluding tert-OH is 1. The van der Waals surface area contributed by atoms with Crippen molar-refractivity contribution >= 4 is 10.0 Å². The van der Waals surface area contributed by atoms with E-state index < -0.39 is 10.0 Å². The van der Waals surface area contributed by atoms with Crippen molar-refractivity contribution in [1.29, 1.82) is 0 Å². The Bertz CT molecular complexity index is 425. The first-order valence-electron chi connectivity index (χ1n) is 5.28. The second kappa shape index (κ2) is 4.52. The van der Waals surface area contributed by atoms with Crippen LogP contribution in [-0.2, 0) is 10.0 Å². The summed E-state index contributed by atoms with van der Waals surface area (Å²) in [4.78, 5) is 0.160. The molecule has 7 heteroatoms. The first kappa shape index (κ1) is 11.6. The quantitative estimate of drug-likeness (QED) is 0.761. The molecule has 0 unspecified atom stereocenters. The molecule has 1 saturated carbocycles. The number of aromatic amines is 1. The van der Waals surface area contributed by atoms with Crippen LogP contribution in [0.25, 0.3) is 0 Å². The van der Waals surface area contributed by atoms with Gasteiger partial charge in [0.2, 0.25) is 10.0 Å². The fraction of sp³-hybridized carbons (Fsp3) is 0.667. The smallest absolute Gasteiger partial charge is 0.246 e. The van der Waals surface area contributed by atoms with E-state index in [0.717, 1.165) is 19.3 Å². The zero-order chi connectivity index (χ0) is 11.6. The zero-order valence-corrected chi connectivity index (χ0v) is 9.65. The van der Waals surface area contributed by atoms with Gasteiger partial charge >= 0.3 is 0 Å². The van der Waals surface area contributed by atoms with E-state index in [1.54, 1.807) is 0 Å². The van der Waals surface area contributed by atoms with Crippen molar-refractivity contribution in [3.63, 3.8) is 0 Å². The van der Waals surface area contributed by atoms with Crippen LogP contribution in [0.5, 0.6) is 0 Å². The van der Waals surface area contributed by atoms with E-state index in [2.05, 4.69) is 10.2 Å². The van der Waals surface area contributed by atoms with Crippen LogP contribution in [0.2, 0.25) is 0 Å². The van der Waals surface area contributed by atoms with Crippen LogP contribution in [-0.4, -0.2) is 47.2 Å². The largest absolute Gasteiger partial charge is 0.395 e. The Morgan fingerprint density at radius 1 is 1.56 bits per heavy atom. The molecule has 0 amide bonds. The molecule has 1 aromatic heterocycles. The third-order valence-corrected chi connectivity index (χ3v) is 4.80. The number of aromatic nitrogens is 2. The summed E-state index contributed by atoms with van der Waals surface area (Å²) in [5, 5.41) is 15.1. The third-order valence-electron chi connectivity index (χ3n) is 2.88. The van der Waals surface area contributed by atoms with Crippen LogP contribution in [0.4, 0.5) is 0 Å². The molecule has 0 atom stereocenters. The van der Waals surface area contributed by atoms with Gasteiger partial charge in [-0.3, -0.25) is 5.10 Å². The van der Waals surface area contributed by atoms with Crippen LogP contribution in [0.1, 0.15) is 19.3 Å². The Labute approximate surface area is 94.3 Å². The molecule has 0 saturated heterocycles. The third kappa shape index (κ3) is 1.98. The molecule has 0 aliphatic heterocycles. The van der Waals surface area contributed by atoms with Gasteiger partial charge in [0, 0.05) is 18.8 Å². The van der Waals surface area contributed by atoms with E-state index in [9.17, 15) is 8.42 Å². The number of nitrogens with zero attached hydrogens (tertiary/aromatic N) is 2.